The van der Waals surface area contributed by atoms with Gasteiger partial charge in [0.15, 0.2) is 0 Å². The maximum absolute atomic E-state index is 13.4. The number of hydrogen-bond donors (Lipinski definition) is 1. The van der Waals surface area contributed by atoms with Gasteiger partial charge in [-0.05, 0) is 30.3 Å². The number of nitrogens with one attached hydrogen (secondary N) is 1. The minimum atomic E-state index is -0.422. The van der Waals surface area contributed by atoms with Crippen LogP contribution in [0, 0.1) is 5.82 Å². The topological polar surface area (TPSA) is 51.2 Å². The van der Waals surface area contributed by atoms with Crippen LogP contribution < -0.4 is 10.1 Å². The Labute approximate surface area is 122 Å². The summed E-state index contributed by atoms with van der Waals surface area (Å²) >= 11 is 0. The van der Waals surface area contributed by atoms with E-state index in [-0.39, 0.29) is 24.1 Å². The summed E-state index contributed by atoms with van der Waals surface area (Å²) in [5.74, 6) is 0.437. The molecular weight excluding hydrogens is 271 g/mol. The number of amides is 1. The second-order valence-electron chi connectivity index (χ2n) is 5.08. The second-order valence-corrected chi connectivity index (χ2v) is 5.08. The van der Waals surface area contributed by atoms with E-state index < -0.39 is 5.82 Å². The lowest BCUT2D eigenvalue weighted by Crippen LogP contribution is -2.24. The fourth-order valence-corrected chi connectivity index (χ4v) is 2.33. The van der Waals surface area contributed by atoms with Gasteiger partial charge >= 0.3 is 0 Å². The summed E-state index contributed by atoms with van der Waals surface area (Å²) in [4.78, 5) is 16.0. The normalized spacial score (nSPS) is 16.2. The van der Waals surface area contributed by atoms with E-state index in [0.29, 0.717) is 12.2 Å². The number of hydrogen-bond acceptors (Lipinski definition) is 3. The molecule has 0 fully saturated rings. The highest BCUT2D eigenvalue weighted by Crippen LogP contribution is 2.33. The molecule has 1 amide bonds. The van der Waals surface area contributed by atoms with Crippen molar-refractivity contribution in [1.82, 2.24) is 10.3 Å². The molecule has 1 N–H and O–H groups in total. The molecule has 2 heterocycles. The summed E-state index contributed by atoms with van der Waals surface area (Å²) in [5, 5.41) is 2.68. The van der Waals surface area contributed by atoms with Crippen LogP contribution in [0.1, 0.15) is 34.5 Å². The monoisotopic (exact) mass is 286 g/mol. The van der Waals surface area contributed by atoms with Crippen molar-refractivity contribution in [3.05, 3.63) is 59.2 Å². The van der Waals surface area contributed by atoms with Crippen LogP contribution in [0.4, 0.5) is 4.39 Å². The molecule has 3 rings (SSSR count). The predicted molar refractivity (Wildman–Crippen MR) is 75.7 cm³/mol. The van der Waals surface area contributed by atoms with Gasteiger partial charge in [-0.15, -0.1) is 0 Å². The number of nitrogens with zero attached hydrogens (tertiary/aromatic N) is 1. The Kier molecular flexibility index (Phi) is 3.56. The first-order valence-corrected chi connectivity index (χ1v) is 6.79. The second kappa shape index (κ2) is 5.52. The van der Waals surface area contributed by atoms with E-state index in [4.69, 9.17) is 4.74 Å². The zero-order chi connectivity index (χ0) is 14.8. The first kappa shape index (κ1) is 13.5. The lowest BCUT2D eigenvalue weighted by atomic mass is 10.0. The number of carbonyl (C=O) groups excluding carboxylic acids is 1. The van der Waals surface area contributed by atoms with Crippen LogP contribution in [0.25, 0.3) is 0 Å². The molecule has 1 aromatic heterocycles. The number of rotatable bonds is 3. The molecule has 0 radical (unpaired) electrons. The lowest BCUT2D eigenvalue weighted by Gasteiger charge is -2.07. The molecule has 0 spiro atoms. The maximum Gasteiger partial charge on any atom is 0.251 e. The number of halogens is 1. The lowest BCUT2D eigenvalue weighted by molar-refractivity contribution is 0.0950. The number of aromatic nitrogens is 1. The molecule has 2 aromatic rings. The smallest absolute Gasteiger partial charge is 0.251 e. The summed E-state index contributed by atoms with van der Waals surface area (Å²) < 4.78 is 18.9. The fourth-order valence-electron chi connectivity index (χ4n) is 2.33. The summed E-state index contributed by atoms with van der Waals surface area (Å²) in [6.45, 7) is 2.75. The molecule has 4 nitrogen and oxygen atoms in total. The summed E-state index contributed by atoms with van der Waals surface area (Å²) in [6, 6.07) is 8.18. The third-order valence-electron chi connectivity index (χ3n) is 3.54. The van der Waals surface area contributed by atoms with E-state index in [1.54, 1.807) is 12.1 Å². The minimum Gasteiger partial charge on any atom is -0.493 e. The molecule has 108 valence electrons. The Morgan fingerprint density at radius 1 is 1.48 bits per heavy atom. The molecule has 5 heteroatoms. The van der Waals surface area contributed by atoms with Crippen LogP contribution in [0.2, 0.25) is 0 Å². The molecule has 0 saturated carbocycles. The van der Waals surface area contributed by atoms with E-state index in [1.807, 2.05) is 6.07 Å². The van der Waals surface area contributed by atoms with Crippen LogP contribution in [0.15, 0.2) is 36.5 Å². The molecule has 1 unspecified atom stereocenters. The van der Waals surface area contributed by atoms with E-state index in [1.165, 1.54) is 18.3 Å². The van der Waals surface area contributed by atoms with Crippen molar-refractivity contribution in [2.45, 2.75) is 19.4 Å². The van der Waals surface area contributed by atoms with E-state index in [9.17, 15) is 9.18 Å². The van der Waals surface area contributed by atoms with E-state index in [0.717, 1.165) is 11.3 Å². The Morgan fingerprint density at radius 3 is 3.14 bits per heavy atom. The van der Waals surface area contributed by atoms with Crippen molar-refractivity contribution < 1.29 is 13.9 Å². The Hall–Kier alpha value is -2.43. The van der Waals surface area contributed by atoms with Gasteiger partial charge in [0.25, 0.3) is 5.91 Å². The van der Waals surface area contributed by atoms with Gasteiger partial charge in [0.1, 0.15) is 11.6 Å². The third kappa shape index (κ3) is 2.72. The fraction of sp³-hybridized carbons (Fsp3) is 0.250. The minimum absolute atomic E-state index is 0.0641. The maximum atomic E-state index is 13.4. The van der Waals surface area contributed by atoms with E-state index >= 15 is 0 Å². The van der Waals surface area contributed by atoms with Crippen molar-refractivity contribution >= 4 is 5.91 Å². The molecule has 1 aliphatic heterocycles. The molecule has 1 atom stereocenters. The molecule has 21 heavy (non-hydrogen) atoms. The zero-order valence-corrected chi connectivity index (χ0v) is 11.6. The average Bonchev–Trinajstić information content (AvgIpc) is 2.87. The summed E-state index contributed by atoms with van der Waals surface area (Å²) in [5.41, 5.74) is 1.80. The van der Waals surface area contributed by atoms with Crippen molar-refractivity contribution in [2.75, 3.05) is 6.61 Å². The first-order valence-electron chi connectivity index (χ1n) is 6.79. The molecule has 1 aromatic carbocycles. The molecule has 0 aliphatic carbocycles. The van der Waals surface area contributed by atoms with Crippen molar-refractivity contribution in [3.63, 3.8) is 0 Å². The summed E-state index contributed by atoms with van der Waals surface area (Å²) in [7, 11) is 0. The van der Waals surface area contributed by atoms with Gasteiger partial charge < -0.3 is 10.1 Å². The molecule has 0 saturated heterocycles. The molecule has 1 aliphatic rings. The molecular formula is C16H15FN2O2. The van der Waals surface area contributed by atoms with E-state index in [2.05, 4.69) is 17.2 Å². The van der Waals surface area contributed by atoms with Gasteiger partial charge in [-0.1, -0.05) is 6.92 Å². The SMILES string of the molecule is CC1COc2ccc(C(=O)NCc3ncccc3F)cc21. The van der Waals surface area contributed by atoms with Gasteiger partial charge in [-0.2, -0.15) is 0 Å². The van der Waals surface area contributed by atoms with Crippen molar-refractivity contribution in [1.29, 1.82) is 0 Å². The number of ether oxygens (including phenoxy) is 1. The predicted octanol–water partition coefficient (Wildman–Crippen LogP) is 2.65. The standard InChI is InChI=1S/C16H15FN2O2/c1-10-9-21-15-5-4-11(7-12(10)15)16(20)19-8-14-13(17)3-2-6-18-14/h2-7,10H,8-9H2,1H3,(H,19,20). The van der Waals surface area contributed by atoms with Crippen LogP contribution in [-0.2, 0) is 6.54 Å². The van der Waals surface area contributed by atoms with Gasteiger partial charge in [0, 0.05) is 23.2 Å². The highest BCUT2D eigenvalue weighted by molar-refractivity contribution is 5.94. The molecule has 0 bridgehead atoms. The highest BCUT2D eigenvalue weighted by atomic mass is 19.1. The number of benzene rings is 1. The summed E-state index contributed by atoms with van der Waals surface area (Å²) in [6.07, 6.45) is 1.50. The Bertz CT molecular complexity index is 688. The van der Waals surface area contributed by atoms with Gasteiger partial charge in [-0.25, -0.2) is 4.39 Å². The van der Waals surface area contributed by atoms with Crippen molar-refractivity contribution in [2.24, 2.45) is 0 Å². The van der Waals surface area contributed by atoms with Gasteiger partial charge in [0.2, 0.25) is 0 Å². The van der Waals surface area contributed by atoms with Gasteiger partial charge in [0.05, 0.1) is 18.8 Å². The average molecular weight is 286 g/mol. The third-order valence-corrected chi connectivity index (χ3v) is 3.54. The first-order chi connectivity index (χ1) is 10.1. The van der Waals surface area contributed by atoms with Crippen LogP contribution in [0.5, 0.6) is 5.75 Å². The number of pyridine rings is 1. The van der Waals surface area contributed by atoms with Gasteiger partial charge in [-0.3, -0.25) is 9.78 Å². The Balaban J connectivity index is 1.72. The van der Waals surface area contributed by atoms with Crippen LogP contribution in [-0.4, -0.2) is 17.5 Å². The number of fused-ring (bicyclic) bond motifs is 1. The quantitative estimate of drug-likeness (QED) is 0.943. The Morgan fingerprint density at radius 2 is 2.33 bits per heavy atom. The highest BCUT2D eigenvalue weighted by Gasteiger charge is 2.21. The largest absolute Gasteiger partial charge is 0.493 e. The van der Waals surface area contributed by atoms with Crippen LogP contribution in [0.3, 0.4) is 0 Å². The van der Waals surface area contributed by atoms with Crippen LogP contribution >= 0.6 is 0 Å². The zero-order valence-electron chi connectivity index (χ0n) is 11.6. The van der Waals surface area contributed by atoms with Crippen molar-refractivity contribution in [3.8, 4) is 5.75 Å². The number of carbonyl (C=O) groups is 1.